The Morgan fingerprint density at radius 3 is 2.76 bits per heavy atom. The number of nitrogens with one attached hydrogen (secondary N) is 1. The molecule has 2 rings (SSSR count). The normalized spacial score (nSPS) is 10.3. The molecule has 0 aliphatic carbocycles. The van der Waals surface area contributed by atoms with E-state index in [4.69, 9.17) is 4.74 Å². The summed E-state index contributed by atoms with van der Waals surface area (Å²) in [4.78, 5) is 5.93. The first-order valence-corrected chi connectivity index (χ1v) is 5.13. The second kappa shape index (κ2) is 4.82. The average molecular weight is 236 g/mol. The molecule has 0 bridgehead atoms. The van der Waals surface area contributed by atoms with Crippen molar-refractivity contribution in [3.8, 4) is 5.75 Å². The van der Waals surface area contributed by atoms with Crippen molar-refractivity contribution in [3.05, 3.63) is 35.9 Å². The van der Waals surface area contributed by atoms with Gasteiger partial charge in [0.15, 0.2) is 17.4 Å². The molecule has 0 amide bonds. The fourth-order valence-corrected chi connectivity index (χ4v) is 1.26. The molecular formula is C11H13FN4O. The maximum Gasteiger partial charge on any atom is 0.244 e. The van der Waals surface area contributed by atoms with E-state index in [1.807, 2.05) is 14.1 Å². The van der Waals surface area contributed by atoms with E-state index in [9.17, 15) is 4.39 Å². The van der Waals surface area contributed by atoms with Crippen molar-refractivity contribution in [1.82, 2.24) is 15.2 Å². The standard InChI is InChI=1S/C11H13FN4O/c1-16(2)11-13-10(14-15-11)7-17-9-6-4-3-5-8(9)12/h3-6H,7H2,1-2H3,(H,13,14,15). The predicted octanol–water partition coefficient (Wildman–Crippen LogP) is 1.59. The van der Waals surface area contributed by atoms with E-state index in [1.165, 1.54) is 6.07 Å². The second-order valence-corrected chi connectivity index (χ2v) is 3.70. The van der Waals surface area contributed by atoms with E-state index in [2.05, 4.69) is 15.2 Å². The highest BCUT2D eigenvalue weighted by molar-refractivity contribution is 5.26. The number of halogens is 1. The molecule has 0 spiro atoms. The van der Waals surface area contributed by atoms with Gasteiger partial charge in [0, 0.05) is 14.1 Å². The van der Waals surface area contributed by atoms with E-state index in [-0.39, 0.29) is 18.2 Å². The number of nitrogens with zero attached hydrogens (tertiary/aromatic N) is 3. The Balaban J connectivity index is 2.00. The minimum atomic E-state index is -0.389. The summed E-state index contributed by atoms with van der Waals surface area (Å²) in [5.74, 6) is 0.934. The van der Waals surface area contributed by atoms with Crippen molar-refractivity contribution >= 4 is 5.95 Å². The molecule has 0 saturated heterocycles. The lowest BCUT2D eigenvalue weighted by Crippen LogP contribution is -2.10. The van der Waals surface area contributed by atoms with Crippen LogP contribution in [0.1, 0.15) is 5.82 Å². The number of ether oxygens (including phenoxy) is 1. The van der Waals surface area contributed by atoms with E-state index in [1.54, 1.807) is 23.1 Å². The minimum absolute atomic E-state index is 0.155. The zero-order valence-corrected chi connectivity index (χ0v) is 9.64. The maximum absolute atomic E-state index is 13.2. The lowest BCUT2D eigenvalue weighted by molar-refractivity contribution is 0.281. The molecule has 1 N–H and O–H groups in total. The SMILES string of the molecule is CN(C)c1n[nH]c(COc2ccccc2F)n1. The van der Waals surface area contributed by atoms with Gasteiger partial charge in [-0.15, -0.1) is 5.10 Å². The van der Waals surface area contributed by atoms with E-state index in [0.29, 0.717) is 11.8 Å². The third kappa shape index (κ3) is 2.72. The van der Waals surface area contributed by atoms with Crippen LogP contribution >= 0.6 is 0 Å². The first-order valence-electron chi connectivity index (χ1n) is 5.13. The Morgan fingerprint density at radius 1 is 1.35 bits per heavy atom. The Hall–Kier alpha value is -2.11. The highest BCUT2D eigenvalue weighted by Gasteiger charge is 2.06. The summed E-state index contributed by atoms with van der Waals surface area (Å²) in [6.07, 6.45) is 0. The molecular weight excluding hydrogens is 223 g/mol. The van der Waals surface area contributed by atoms with Gasteiger partial charge in [-0.25, -0.2) is 4.39 Å². The number of benzene rings is 1. The van der Waals surface area contributed by atoms with Crippen LogP contribution in [0.15, 0.2) is 24.3 Å². The molecule has 0 radical (unpaired) electrons. The second-order valence-electron chi connectivity index (χ2n) is 3.70. The van der Waals surface area contributed by atoms with Crippen molar-refractivity contribution in [1.29, 1.82) is 0 Å². The van der Waals surface area contributed by atoms with Crippen LogP contribution in [0.5, 0.6) is 5.75 Å². The summed E-state index contributed by atoms with van der Waals surface area (Å²) in [5, 5.41) is 6.69. The summed E-state index contributed by atoms with van der Waals surface area (Å²) in [6.45, 7) is 0.155. The first kappa shape index (κ1) is 11.4. The summed E-state index contributed by atoms with van der Waals surface area (Å²) >= 11 is 0. The van der Waals surface area contributed by atoms with Crippen LogP contribution in [0.2, 0.25) is 0 Å². The number of rotatable bonds is 4. The van der Waals surface area contributed by atoms with Gasteiger partial charge in [0.05, 0.1) is 0 Å². The van der Waals surface area contributed by atoms with Gasteiger partial charge in [0.1, 0.15) is 6.61 Å². The summed E-state index contributed by atoms with van der Waals surface area (Å²) in [6, 6.07) is 6.24. The van der Waals surface area contributed by atoms with E-state index >= 15 is 0 Å². The zero-order valence-electron chi connectivity index (χ0n) is 9.64. The Bertz CT molecular complexity index is 498. The fraction of sp³-hybridized carbons (Fsp3) is 0.273. The molecule has 0 aliphatic rings. The lowest BCUT2D eigenvalue weighted by Gasteiger charge is -2.05. The number of hydrogen-bond acceptors (Lipinski definition) is 4. The summed E-state index contributed by atoms with van der Waals surface area (Å²) in [7, 11) is 3.68. The van der Waals surface area contributed by atoms with Gasteiger partial charge in [-0.3, -0.25) is 5.10 Å². The third-order valence-corrected chi connectivity index (χ3v) is 2.12. The first-order chi connectivity index (χ1) is 8.16. The van der Waals surface area contributed by atoms with Gasteiger partial charge < -0.3 is 9.64 Å². The van der Waals surface area contributed by atoms with Crippen LogP contribution in [0, 0.1) is 5.82 Å². The molecule has 1 aromatic carbocycles. The lowest BCUT2D eigenvalue weighted by atomic mass is 10.3. The number of para-hydroxylation sites is 1. The zero-order chi connectivity index (χ0) is 12.3. The van der Waals surface area contributed by atoms with E-state index < -0.39 is 0 Å². The number of hydrogen-bond donors (Lipinski definition) is 1. The van der Waals surface area contributed by atoms with Gasteiger partial charge in [-0.1, -0.05) is 12.1 Å². The Kier molecular flexibility index (Phi) is 3.22. The highest BCUT2D eigenvalue weighted by Crippen LogP contribution is 2.16. The summed E-state index contributed by atoms with van der Waals surface area (Å²) in [5.41, 5.74) is 0. The molecule has 6 heteroatoms. The average Bonchev–Trinajstić information content (AvgIpc) is 2.77. The van der Waals surface area contributed by atoms with Crippen molar-refractivity contribution in [3.63, 3.8) is 0 Å². The van der Waals surface area contributed by atoms with Gasteiger partial charge in [-0.2, -0.15) is 4.98 Å². The van der Waals surface area contributed by atoms with Crippen LogP contribution < -0.4 is 9.64 Å². The largest absolute Gasteiger partial charge is 0.483 e. The fourth-order valence-electron chi connectivity index (χ4n) is 1.26. The molecule has 0 atom stereocenters. The molecule has 2 aromatic rings. The molecule has 0 unspecified atom stereocenters. The van der Waals surface area contributed by atoms with E-state index in [0.717, 1.165) is 0 Å². The van der Waals surface area contributed by atoms with Crippen molar-refractivity contribution in [2.45, 2.75) is 6.61 Å². The molecule has 0 saturated carbocycles. The van der Waals surface area contributed by atoms with Crippen LogP contribution in [-0.4, -0.2) is 29.3 Å². The molecule has 1 heterocycles. The van der Waals surface area contributed by atoms with Crippen LogP contribution in [0.3, 0.4) is 0 Å². The Morgan fingerprint density at radius 2 is 2.12 bits per heavy atom. The number of aromatic nitrogens is 3. The third-order valence-electron chi connectivity index (χ3n) is 2.12. The van der Waals surface area contributed by atoms with Gasteiger partial charge >= 0.3 is 0 Å². The van der Waals surface area contributed by atoms with Gasteiger partial charge in [0.2, 0.25) is 5.95 Å². The number of anilines is 1. The molecule has 17 heavy (non-hydrogen) atoms. The monoisotopic (exact) mass is 236 g/mol. The van der Waals surface area contributed by atoms with Crippen LogP contribution in [0.25, 0.3) is 0 Å². The van der Waals surface area contributed by atoms with Crippen molar-refractivity contribution < 1.29 is 9.13 Å². The van der Waals surface area contributed by atoms with Crippen LogP contribution in [-0.2, 0) is 6.61 Å². The Labute approximate surface area is 98.2 Å². The molecule has 90 valence electrons. The smallest absolute Gasteiger partial charge is 0.244 e. The van der Waals surface area contributed by atoms with Gasteiger partial charge in [0.25, 0.3) is 0 Å². The molecule has 0 fully saturated rings. The molecule has 0 aliphatic heterocycles. The topological polar surface area (TPSA) is 54.0 Å². The number of H-pyrrole nitrogens is 1. The van der Waals surface area contributed by atoms with Crippen LogP contribution in [0.4, 0.5) is 10.3 Å². The molecule has 1 aromatic heterocycles. The quantitative estimate of drug-likeness (QED) is 0.875. The maximum atomic E-state index is 13.2. The molecule has 5 nitrogen and oxygen atoms in total. The summed E-state index contributed by atoms with van der Waals surface area (Å²) < 4.78 is 18.5. The highest BCUT2D eigenvalue weighted by atomic mass is 19.1. The minimum Gasteiger partial charge on any atom is -0.483 e. The number of aromatic amines is 1. The van der Waals surface area contributed by atoms with Crippen molar-refractivity contribution in [2.75, 3.05) is 19.0 Å². The predicted molar refractivity (Wildman–Crippen MR) is 61.4 cm³/mol. The van der Waals surface area contributed by atoms with Gasteiger partial charge in [-0.05, 0) is 12.1 Å². The van der Waals surface area contributed by atoms with Crippen molar-refractivity contribution in [2.24, 2.45) is 0 Å².